The molecule has 7 nitrogen and oxygen atoms in total. The largest absolute Gasteiger partial charge is 0.494 e. The summed E-state index contributed by atoms with van der Waals surface area (Å²) in [6.45, 7) is 9.40. The third-order valence-corrected chi connectivity index (χ3v) is 7.41. The van der Waals surface area contributed by atoms with Gasteiger partial charge in [0.1, 0.15) is 5.75 Å². The first kappa shape index (κ1) is 22.8. The molecule has 1 atom stereocenters. The predicted octanol–water partition coefficient (Wildman–Crippen LogP) is 4.36. The fourth-order valence-corrected chi connectivity index (χ4v) is 5.72. The minimum absolute atomic E-state index is 0.0619. The molecule has 0 aliphatic carbocycles. The Balaban J connectivity index is 1.42. The summed E-state index contributed by atoms with van der Waals surface area (Å²) in [6, 6.07) is 18.8. The number of fused-ring (bicyclic) bond motifs is 1. The number of ether oxygens (including phenoxy) is 1. The Bertz CT molecular complexity index is 1210. The van der Waals surface area contributed by atoms with E-state index in [4.69, 9.17) is 4.74 Å². The van der Waals surface area contributed by atoms with E-state index in [0.717, 1.165) is 66.1 Å². The number of hydrogen-bond donors (Lipinski definition) is 1. The standard InChI is InChI=1S/C26H31N5O2S/c1-3-22-27-26-31(28-22)25(32)24(34-26)23(20-10-12-21(13-11-20)33-4-2)30-16-14-29(15-17-30)18-19-8-6-5-7-9-19/h5-13,23,32H,3-4,14-18H2,1-2H3/t23-/m0/s1. The van der Waals surface area contributed by atoms with Gasteiger partial charge in [-0.25, -0.2) is 4.98 Å². The number of thiazole rings is 1. The van der Waals surface area contributed by atoms with Gasteiger partial charge in [0.2, 0.25) is 10.8 Å². The van der Waals surface area contributed by atoms with Crippen molar-refractivity contribution in [3.05, 3.63) is 76.4 Å². The molecule has 1 N–H and O–H groups in total. The van der Waals surface area contributed by atoms with Crippen LogP contribution in [0.2, 0.25) is 0 Å². The molecule has 178 valence electrons. The second-order valence-electron chi connectivity index (χ2n) is 8.57. The van der Waals surface area contributed by atoms with Gasteiger partial charge in [0, 0.05) is 39.1 Å². The summed E-state index contributed by atoms with van der Waals surface area (Å²) in [5.41, 5.74) is 2.48. The maximum absolute atomic E-state index is 11.2. The van der Waals surface area contributed by atoms with Crippen molar-refractivity contribution in [1.82, 2.24) is 24.4 Å². The Morgan fingerprint density at radius 1 is 1.00 bits per heavy atom. The summed E-state index contributed by atoms with van der Waals surface area (Å²) >= 11 is 1.53. The van der Waals surface area contributed by atoms with Gasteiger partial charge < -0.3 is 9.84 Å². The quantitative estimate of drug-likeness (QED) is 0.407. The number of aromatic nitrogens is 3. The van der Waals surface area contributed by atoms with Crippen molar-refractivity contribution in [2.24, 2.45) is 0 Å². The molecular formula is C26H31N5O2S. The molecule has 4 aromatic rings. The van der Waals surface area contributed by atoms with Crippen LogP contribution in [-0.4, -0.2) is 62.3 Å². The Hall–Kier alpha value is -2.94. The predicted molar refractivity (Wildman–Crippen MR) is 135 cm³/mol. The number of aryl methyl sites for hydroxylation is 1. The molecule has 1 fully saturated rings. The summed E-state index contributed by atoms with van der Waals surface area (Å²) < 4.78 is 7.25. The van der Waals surface area contributed by atoms with E-state index in [2.05, 4.69) is 62.3 Å². The molecule has 2 aromatic heterocycles. The lowest BCUT2D eigenvalue weighted by molar-refractivity contribution is 0.105. The molecule has 0 saturated carbocycles. The van der Waals surface area contributed by atoms with Crippen molar-refractivity contribution in [3.63, 3.8) is 0 Å². The Kier molecular flexibility index (Phi) is 6.80. The van der Waals surface area contributed by atoms with Crippen molar-refractivity contribution in [1.29, 1.82) is 0 Å². The lowest BCUT2D eigenvalue weighted by atomic mass is 10.0. The van der Waals surface area contributed by atoms with Gasteiger partial charge >= 0.3 is 0 Å². The van der Waals surface area contributed by atoms with Gasteiger partial charge in [-0.05, 0) is 30.2 Å². The summed E-state index contributed by atoms with van der Waals surface area (Å²) in [7, 11) is 0. The summed E-state index contributed by atoms with van der Waals surface area (Å²) in [5.74, 6) is 1.80. The Morgan fingerprint density at radius 3 is 2.38 bits per heavy atom. The fourth-order valence-electron chi connectivity index (χ4n) is 4.58. The van der Waals surface area contributed by atoms with Crippen LogP contribution in [0.1, 0.15) is 41.7 Å². The van der Waals surface area contributed by atoms with E-state index in [-0.39, 0.29) is 11.9 Å². The number of rotatable bonds is 8. The SMILES string of the molecule is CCOc1ccc([C@@H](c2sc3nc(CC)nn3c2O)N2CCN(Cc3ccccc3)CC2)cc1. The highest BCUT2D eigenvalue weighted by molar-refractivity contribution is 7.17. The Labute approximate surface area is 204 Å². The summed E-state index contributed by atoms with van der Waals surface area (Å²) in [4.78, 5) is 11.2. The maximum atomic E-state index is 11.2. The zero-order valence-electron chi connectivity index (χ0n) is 19.7. The van der Waals surface area contributed by atoms with E-state index in [1.807, 2.05) is 26.0 Å². The zero-order chi connectivity index (χ0) is 23.5. The summed E-state index contributed by atoms with van der Waals surface area (Å²) in [5, 5.41) is 15.6. The van der Waals surface area contributed by atoms with Gasteiger partial charge in [-0.15, -0.1) is 5.10 Å². The monoisotopic (exact) mass is 477 g/mol. The smallest absolute Gasteiger partial charge is 0.230 e. The van der Waals surface area contributed by atoms with Crippen LogP contribution >= 0.6 is 11.3 Å². The second-order valence-corrected chi connectivity index (χ2v) is 9.58. The molecule has 34 heavy (non-hydrogen) atoms. The van der Waals surface area contributed by atoms with Crippen LogP contribution in [0.15, 0.2) is 54.6 Å². The van der Waals surface area contributed by atoms with Crippen LogP contribution in [0, 0.1) is 0 Å². The first-order chi connectivity index (χ1) is 16.7. The first-order valence-electron chi connectivity index (χ1n) is 12.0. The average Bonchev–Trinajstić information content (AvgIpc) is 3.41. The molecule has 0 amide bonds. The van der Waals surface area contributed by atoms with Gasteiger partial charge in [0.05, 0.1) is 17.5 Å². The van der Waals surface area contributed by atoms with E-state index in [1.54, 1.807) is 4.52 Å². The van der Waals surface area contributed by atoms with Crippen LogP contribution in [0.5, 0.6) is 11.6 Å². The topological polar surface area (TPSA) is 66.1 Å². The number of hydrogen-bond acceptors (Lipinski definition) is 7. The molecule has 2 aromatic carbocycles. The lowest BCUT2D eigenvalue weighted by Crippen LogP contribution is -2.47. The van der Waals surface area contributed by atoms with E-state index < -0.39 is 0 Å². The van der Waals surface area contributed by atoms with Crippen molar-refractivity contribution in [2.75, 3.05) is 32.8 Å². The number of benzene rings is 2. The van der Waals surface area contributed by atoms with Crippen molar-refractivity contribution >= 4 is 16.3 Å². The molecule has 0 spiro atoms. The molecule has 0 unspecified atom stereocenters. The van der Waals surface area contributed by atoms with Crippen LogP contribution < -0.4 is 4.74 Å². The molecule has 1 aliphatic heterocycles. The van der Waals surface area contributed by atoms with E-state index in [1.165, 1.54) is 16.9 Å². The van der Waals surface area contributed by atoms with E-state index in [0.29, 0.717) is 6.61 Å². The number of nitrogens with zero attached hydrogens (tertiary/aromatic N) is 5. The van der Waals surface area contributed by atoms with Crippen LogP contribution in [0.25, 0.3) is 4.96 Å². The van der Waals surface area contributed by atoms with Crippen LogP contribution in [0.3, 0.4) is 0 Å². The molecule has 5 rings (SSSR count). The van der Waals surface area contributed by atoms with Gasteiger partial charge in [-0.3, -0.25) is 9.80 Å². The van der Waals surface area contributed by atoms with Crippen molar-refractivity contribution in [3.8, 4) is 11.6 Å². The third kappa shape index (κ3) is 4.66. The van der Waals surface area contributed by atoms with Crippen molar-refractivity contribution in [2.45, 2.75) is 32.9 Å². The van der Waals surface area contributed by atoms with Gasteiger partial charge in [0.15, 0.2) is 5.82 Å². The Morgan fingerprint density at radius 2 is 1.74 bits per heavy atom. The average molecular weight is 478 g/mol. The molecule has 1 saturated heterocycles. The highest BCUT2D eigenvalue weighted by Gasteiger charge is 2.31. The molecule has 8 heteroatoms. The van der Waals surface area contributed by atoms with E-state index in [9.17, 15) is 5.11 Å². The van der Waals surface area contributed by atoms with Gasteiger partial charge in [-0.2, -0.15) is 4.52 Å². The molecular weight excluding hydrogens is 446 g/mol. The minimum Gasteiger partial charge on any atom is -0.494 e. The number of piperazine rings is 1. The molecule has 0 radical (unpaired) electrons. The molecule has 0 bridgehead atoms. The normalized spacial score (nSPS) is 16.2. The number of aromatic hydroxyl groups is 1. The van der Waals surface area contributed by atoms with Gasteiger partial charge in [0.25, 0.3) is 0 Å². The lowest BCUT2D eigenvalue weighted by Gasteiger charge is -2.39. The van der Waals surface area contributed by atoms with Crippen LogP contribution in [0.4, 0.5) is 0 Å². The van der Waals surface area contributed by atoms with Crippen molar-refractivity contribution < 1.29 is 9.84 Å². The molecule has 1 aliphatic rings. The van der Waals surface area contributed by atoms with Crippen LogP contribution in [-0.2, 0) is 13.0 Å². The third-order valence-electron chi connectivity index (χ3n) is 6.34. The summed E-state index contributed by atoms with van der Waals surface area (Å²) in [6.07, 6.45) is 0.745. The highest BCUT2D eigenvalue weighted by Crippen LogP contribution is 2.40. The maximum Gasteiger partial charge on any atom is 0.230 e. The van der Waals surface area contributed by atoms with Gasteiger partial charge in [-0.1, -0.05) is 60.7 Å². The highest BCUT2D eigenvalue weighted by atomic mass is 32.1. The van der Waals surface area contributed by atoms with E-state index >= 15 is 0 Å². The first-order valence-corrected chi connectivity index (χ1v) is 12.8. The second kappa shape index (κ2) is 10.1. The fraction of sp³-hybridized carbons (Fsp3) is 0.385. The minimum atomic E-state index is -0.0619. The zero-order valence-corrected chi connectivity index (χ0v) is 20.5. The molecule has 3 heterocycles.